The molecule has 0 bridgehead atoms. The quantitative estimate of drug-likeness (QED) is 0.693. The Hall–Kier alpha value is -3.06. The van der Waals surface area contributed by atoms with E-state index in [1.807, 2.05) is 62.5 Å². The van der Waals surface area contributed by atoms with Crippen LogP contribution < -0.4 is 4.74 Å². The number of rotatable bonds is 4. The first-order chi connectivity index (χ1) is 11.7. The van der Waals surface area contributed by atoms with Crippen LogP contribution in [0.25, 0.3) is 0 Å². The molecule has 24 heavy (non-hydrogen) atoms. The molecule has 120 valence electrons. The molecule has 2 heterocycles. The number of hydrogen-bond donors (Lipinski definition) is 0. The first kappa shape index (κ1) is 15.8. The van der Waals surface area contributed by atoms with Crippen LogP contribution in [0, 0.1) is 25.7 Å². The van der Waals surface area contributed by atoms with Gasteiger partial charge in [0, 0.05) is 23.7 Å². The number of aryl methyl sites for hydroxylation is 2. The van der Waals surface area contributed by atoms with Crippen molar-refractivity contribution >= 4 is 0 Å². The average Bonchev–Trinajstić information content (AvgIpc) is 2.94. The summed E-state index contributed by atoms with van der Waals surface area (Å²) in [5.74, 6) is 8.04. The van der Waals surface area contributed by atoms with E-state index in [0.29, 0.717) is 6.61 Å². The zero-order valence-corrected chi connectivity index (χ0v) is 13.9. The van der Waals surface area contributed by atoms with E-state index in [9.17, 15) is 0 Å². The van der Waals surface area contributed by atoms with Gasteiger partial charge in [-0.1, -0.05) is 24.1 Å². The summed E-state index contributed by atoms with van der Waals surface area (Å²) in [6, 6.07) is 13.7. The van der Waals surface area contributed by atoms with E-state index in [1.54, 1.807) is 6.20 Å². The summed E-state index contributed by atoms with van der Waals surface area (Å²) >= 11 is 0. The van der Waals surface area contributed by atoms with Gasteiger partial charge in [-0.05, 0) is 44.0 Å². The third-order valence-corrected chi connectivity index (χ3v) is 3.55. The summed E-state index contributed by atoms with van der Waals surface area (Å²) in [6.45, 7) is 5.27. The smallest absolute Gasteiger partial charge is 0.131 e. The summed E-state index contributed by atoms with van der Waals surface area (Å²) < 4.78 is 7.79. The molecule has 4 heteroatoms. The van der Waals surface area contributed by atoms with Gasteiger partial charge in [-0.2, -0.15) is 0 Å². The van der Waals surface area contributed by atoms with E-state index < -0.39 is 0 Å². The highest BCUT2D eigenvalue weighted by Gasteiger charge is 2.02. The van der Waals surface area contributed by atoms with Gasteiger partial charge >= 0.3 is 0 Å². The monoisotopic (exact) mass is 317 g/mol. The van der Waals surface area contributed by atoms with E-state index >= 15 is 0 Å². The molecule has 0 fully saturated rings. The molecule has 0 aliphatic rings. The molecule has 0 radical (unpaired) electrons. The Morgan fingerprint density at radius 1 is 1.08 bits per heavy atom. The van der Waals surface area contributed by atoms with Gasteiger partial charge in [-0.15, -0.1) is 0 Å². The van der Waals surface area contributed by atoms with Crippen LogP contribution in [-0.4, -0.2) is 21.1 Å². The molecule has 1 aromatic carbocycles. The number of para-hydroxylation sites is 1. The summed E-state index contributed by atoms with van der Waals surface area (Å²) in [4.78, 5) is 8.66. The van der Waals surface area contributed by atoms with Crippen LogP contribution in [0.15, 0.2) is 54.9 Å². The van der Waals surface area contributed by atoms with Crippen molar-refractivity contribution in [3.05, 3.63) is 77.6 Å². The van der Waals surface area contributed by atoms with Crippen molar-refractivity contribution in [1.29, 1.82) is 0 Å². The Morgan fingerprint density at radius 3 is 2.71 bits per heavy atom. The van der Waals surface area contributed by atoms with Gasteiger partial charge < -0.3 is 9.30 Å². The van der Waals surface area contributed by atoms with Crippen molar-refractivity contribution < 1.29 is 4.74 Å². The van der Waals surface area contributed by atoms with Crippen LogP contribution in [0.1, 0.15) is 22.8 Å². The van der Waals surface area contributed by atoms with Gasteiger partial charge in [-0.3, -0.25) is 4.98 Å². The highest BCUT2D eigenvalue weighted by atomic mass is 16.5. The maximum Gasteiger partial charge on any atom is 0.131 e. The van der Waals surface area contributed by atoms with Crippen LogP contribution in [0.5, 0.6) is 5.75 Å². The van der Waals surface area contributed by atoms with Gasteiger partial charge in [0.25, 0.3) is 0 Å². The molecular formula is C20H19N3O. The Kier molecular flexibility index (Phi) is 4.93. The van der Waals surface area contributed by atoms with Gasteiger partial charge in [0.1, 0.15) is 23.9 Å². The lowest BCUT2D eigenvalue weighted by Gasteiger charge is -2.07. The topological polar surface area (TPSA) is 39.9 Å². The van der Waals surface area contributed by atoms with E-state index in [-0.39, 0.29) is 0 Å². The third kappa shape index (κ3) is 4.23. The summed E-state index contributed by atoms with van der Waals surface area (Å²) in [5.41, 5.74) is 2.67. The molecule has 0 amide bonds. The molecular weight excluding hydrogens is 298 g/mol. The number of nitrogens with zero attached hydrogens (tertiary/aromatic N) is 3. The van der Waals surface area contributed by atoms with Gasteiger partial charge in [0.15, 0.2) is 0 Å². The molecule has 4 nitrogen and oxygen atoms in total. The van der Waals surface area contributed by atoms with Crippen molar-refractivity contribution in [1.82, 2.24) is 14.5 Å². The summed E-state index contributed by atoms with van der Waals surface area (Å²) in [7, 11) is 0. The molecule has 2 aromatic heterocycles. The maximum atomic E-state index is 5.73. The molecule has 0 unspecified atom stereocenters. The number of hydrogen-bond acceptors (Lipinski definition) is 3. The van der Waals surface area contributed by atoms with Crippen LogP contribution in [-0.2, 0) is 6.54 Å². The predicted molar refractivity (Wildman–Crippen MR) is 93.9 cm³/mol. The number of benzene rings is 1. The average molecular weight is 317 g/mol. The number of aromatic nitrogens is 3. The second-order valence-electron chi connectivity index (χ2n) is 5.46. The predicted octanol–water partition coefficient (Wildman–Crippen LogP) is 3.37. The first-order valence-electron chi connectivity index (χ1n) is 7.87. The van der Waals surface area contributed by atoms with E-state index in [1.165, 1.54) is 0 Å². The molecule has 0 aliphatic carbocycles. The largest absolute Gasteiger partial charge is 0.492 e. The van der Waals surface area contributed by atoms with E-state index in [4.69, 9.17) is 4.74 Å². The molecule has 0 saturated carbocycles. The fourth-order valence-electron chi connectivity index (χ4n) is 2.33. The van der Waals surface area contributed by atoms with Crippen LogP contribution in [0.4, 0.5) is 0 Å². The lowest BCUT2D eigenvalue weighted by Crippen LogP contribution is -2.08. The zero-order valence-electron chi connectivity index (χ0n) is 13.9. The van der Waals surface area contributed by atoms with Crippen molar-refractivity contribution in [2.24, 2.45) is 0 Å². The Balaban J connectivity index is 1.63. The molecule has 0 aliphatic heterocycles. The van der Waals surface area contributed by atoms with E-state index in [0.717, 1.165) is 35.1 Å². The molecule has 0 saturated heterocycles. The minimum absolute atomic E-state index is 0.595. The Labute approximate surface area is 142 Å². The maximum absolute atomic E-state index is 5.73. The third-order valence-electron chi connectivity index (χ3n) is 3.55. The lowest BCUT2D eigenvalue weighted by atomic mass is 10.2. The summed E-state index contributed by atoms with van der Waals surface area (Å²) in [6.07, 6.45) is 3.73. The summed E-state index contributed by atoms with van der Waals surface area (Å²) in [5, 5.41) is 0. The minimum Gasteiger partial charge on any atom is -0.492 e. The zero-order chi connectivity index (χ0) is 16.8. The van der Waals surface area contributed by atoms with Crippen molar-refractivity contribution in [3.8, 4) is 17.6 Å². The molecule has 0 atom stereocenters. The van der Waals surface area contributed by atoms with Crippen LogP contribution >= 0.6 is 0 Å². The first-order valence-corrected chi connectivity index (χ1v) is 7.87. The number of pyridine rings is 1. The van der Waals surface area contributed by atoms with Crippen LogP contribution in [0.2, 0.25) is 0 Å². The standard InChI is InChI=1S/C20H19N3O/c1-16-14-18(10-11-21-16)8-9-19-15-23(17(2)22-19)12-13-24-20-6-4-3-5-7-20/h3-7,10-11,14-15H,12-13H2,1-2H3. The van der Waals surface area contributed by atoms with Gasteiger partial charge in [0.05, 0.1) is 6.54 Å². The van der Waals surface area contributed by atoms with Crippen LogP contribution in [0.3, 0.4) is 0 Å². The second-order valence-corrected chi connectivity index (χ2v) is 5.46. The van der Waals surface area contributed by atoms with Gasteiger partial charge in [0.2, 0.25) is 0 Å². The van der Waals surface area contributed by atoms with E-state index in [2.05, 4.69) is 26.4 Å². The second kappa shape index (κ2) is 7.47. The minimum atomic E-state index is 0.595. The highest BCUT2D eigenvalue weighted by Crippen LogP contribution is 2.09. The molecule has 3 rings (SSSR count). The van der Waals surface area contributed by atoms with Gasteiger partial charge in [-0.25, -0.2) is 4.98 Å². The molecule has 0 spiro atoms. The Bertz CT molecular complexity index is 873. The number of ether oxygens (including phenoxy) is 1. The lowest BCUT2D eigenvalue weighted by molar-refractivity contribution is 0.297. The molecule has 3 aromatic rings. The highest BCUT2D eigenvalue weighted by molar-refractivity contribution is 5.39. The molecule has 0 N–H and O–H groups in total. The fraction of sp³-hybridized carbons (Fsp3) is 0.200. The fourth-order valence-corrected chi connectivity index (χ4v) is 2.33. The number of imidazole rings is 1. The normalized spacial score (nSPS) is 10.1. The van der Waals surface area contributed by atoms with Crippen molar-refractivity contribution in [2.75, 3.05) is 6.61 Å². The SMILES string of the molecule is Cc1cc(C#Cc2cn(CCOc3ccccc3)c(C)n2)ccn1. The van der Waals surface area contributed by atoms with Crippen molar-refractivity contribution in [2.45, 2.75) is 20.4 Å². The Morgan fingerprint density at radius 2 is 1.92 bits per heavy atom. The van der Waals surface area contributed by atoms with Crippen molar-refractivity contribution in [3.63, 3.8) is 0 Å².